The van der Waals surface area contributed by atoms with Gasteiger partial charge in [-0.25, -0.2) is 0 Å². The molecule has 3 aromatic carbocycles. The number of carbonyl (C=O) groups excluding carboxylic acids is 2. The highest BCUT2D eigenvalue weighted by Crippen LogP contribution is 2.39. The molecule has 2 amide bonds. The Kier molecular flexibility index (Phi) is 5.26. The number of amides is 2. The van der Waals surface area contributed by atoms with Gasteiger partial charge in [-0.2, -0.15) is 0 Å². The Bertz CT molecular complexity index is 1050. The molecular formula is C23H18N2O2S. The van der Waals surface area contributed by atoms with E-state index in [2.05, 4.69) is 10.6 Å². The lowest BCUT2D eigenvalue weighted by Gasteiger charge is -2.19. The van der Waals surface area contributed by atoms with E-state index in [1.807, 2.05) is 72.8 Å². The third kappa shape index (κ3) is 4.15. The quantitative estimate of drug-likeness (QED) is 0.639. The highest BCUT2D eigenvalue weighted by molar-refractivity contribution is 8.04. The van der Waals surface area contributed by atoms with Crippen molar-refractivity contribution in [1.29, 1.82) is 0 Å². The number of fused-ring (bicyclic) bond motifs is 1. The molecule has 0 aliphatic carbocycles. The summed E-state index contributed by atoms with van der Waals surface area (Å²) < 4.78 is 0. The summed E-state index contributed by atoms with van der Waals surface area (Å²) in [6.45, 7) is 0.460. The van der Waals surface area contributed by atoms with Crippen LogP contribution in [0.2, 0.25) is 0 Å². The van der Waals surface area contributed by atoms with Crippen LogP contribution < -0.4 is 10.6 Å². The Morgan fingerprint density at radius 1 is 0.964 bits per heavy atom. The van der Waals surface area contributed by atoms with Crippen molar-refractivity contribution in [3.63, 3.8) is 0 Å². The summed E-state index contributed by atoms with van der Waals surface area (Å²) in [6, 6.07) is 24.8. The maximum atomic E-state index is 12.5. The Morgan fingerprint density at radius 2 is 1.68 bits per heavy atom. The smallest absolute Gasteiger partial charge is 0.262 e. The van der Waals surface area contributed by atoms with Crippen molar-refractivity contribution in [3.05, 3.63) is 100 Å². The van der Waals surface area contributed by atoms with Crippen LogP contribution in [-0.4, -0.2) is 11.8 Å². The number of carbonyl (C=O) groups is 2. The van der Waals surface area contributed by atoms with E-state index in [9.17, 15) is 9.59 Å². The molecule has 0 saturated carbocycles. The van der Waals surface area contributed by atoms with Gasteiger partial charge in [-0.1, -0.05) is 72.4 Å². The molecule has 1 aliphatic rings. The lowest BCUT2D eigenvalue weighted by molar-refractivity contribution is -0.112. The van der Waals surface area contributed by atoms with Gasteiger partial charge < -0.3 is 10.6 Å². The van der Waals surface area contributed by atoms with E-state index >= 15 is 0 Å². The molecule has 4 rings (SSSR count). The van der Waals surface area contributed by atoms with Crippen molar-refractivity contribution in [3.8, 4) is 0 Å². The molecule has 28 heavy (non-hydrogen) atoms. The summed E-state index contributed by atoms with van der Waals surface area (Å²) in [5, 5.41) is 5.80. The number of nitrogens with one attached hydrogen (secondary N) is 2. The molecule has 0 saturated heterocycles. The Balaban J connectivity index is 1.49. The lowest BCUT2D eigenvalue weighted by atomic mass is 10.1. The van der Waals surface area contributed by atoms with Crippen molar-refractivity contribution in [2.75, 3.05) is 5.32 Å². The topological polar surface area (TPSA) is 58.2 Å². The predicted octanol–water partition coefficient (Wildman–Crippen LogP) is 4.70. The second kappa shape index (κ2) is 8.15. The molecule has 0 spiro atoms. The van der Waals surface area contributed by atoms with E-state index in [0.29, 0.717) is 22.7 Å². The van der Waals surface area contributed by atoms with Crippen molar-refractivity contribution < 1.29 is 9.59 Å². The first-order valence-corrected chi connectivity index (χ1v) is 9.73. The molecule has 2 N–H and O–H groups in total. The molecule has 1 aliphatic heterocycles. The van der Waals surface area contributed by atoms with Gasteiger partial charge in [0.05, 0.1) is 10.6 Å². The first-order valence-electron chi connectivity index (χ1n) is 8.91. The van der Waals surface area contributed by atoms with Crippen molar-refractivity contribution >= 4 is 35.3 Å². The Morgan fingerprint density at radius 3 is 2.43 bits per heavy atom. The van der Waals surface area contributed by atoms with Crippen molar-refractivity contribution in [2.24, 2.45) is 0 Å². The fourth-order valence-electron chi connectivity index (χ4n) is 2.88. The second-order valence-electron chi connectivity index (χ2n) is 6.35. The summed E-state index contributed by atoms with van der Waals surface area (Å²) in [5.41, 5.74) is 3.19. The van der Waals surface area contributed by atoms with Gasteiger partial charge in [-0.05, 0) is 35.4 Å². The summed E-state index contributed by atoms with van der Waals surface area (Å²) in [4.78, 5) is 26.4. The van der Waals surface area contributed by atoms with Gasteiger partial charge in [0.1, 0.15) is 0 Å². The minimum atomic E-state index is -0.170. The van der Waals surface area contributed by atoms with Gasteiger partial charge in [-0.15, -0.1) is 0 Å². The molecule has 0 radical (unpaired) electrons. The normalized spacial score (nSPS) is 14.3. The molecule has 138 valence electrons. The standard InChI is InChI=1S/C23H18N2O2S/c26-22(24-15-17-9-5-2-6-10-17)18-11-12-20-19(14-18)25-23(27)21(28-20)13-16-7-3-1-4-8-16/h1-14H,15H2,(H,24,26)(H,25,27)/b21-13-. The lowest BCUT2D eigenvalue weighted by Crippen LogP contribution is -2.23. The summed E-state index contributed by atoms with van der Waals surface area (Å²) in [7, 11) is 0. The minimum absolute atomic E-state index is 0.164. The number of benzene rings is 3. The minimum Gasteiger partial charge on any atom is -0.348 e. The summed E-state index contributed by atoms with van der Waals surface area (Å²) in [5.74, 6) is -0.334. The van der Waals surface area contributed by atoms with E-state index in [1.54, 1.807) is 12.1 Å². The van der Waals surface area contributed by atoms with Crippen LogP contribution in [0, 0.1) is 0 Å². The van der Waals surface area contributed by atoms with E-state index in [-0.39, 0.29) is 11.8 Å². The van der Waals surface area contributed by atoms with Gasteiger partial charge in [0, 0.05) is 17.0 Å². The molecular weight excluding hydrogens is 368 g/mol. The monoisotopic (exact) mass is 386 g/mol. The zero-order chi connectivity index (χ0) is 19.3. The number of rotatable bonds is 4. The van der Waals surface area contributed by atoms with Crippen LogP contribution in [0.3, 0.4) is 0 Å². The van der Waals surface area contributed by atoms with Crippen LogP contribution in [0.4, 0.5) is 5.69 Å². The molecule has 0 atom stereocenters. The zero-order valence-electron chi connectivity index (χ0n) is 15.0. The fourth-order valence-corrected chi connectivity index (χ4v) is 3.81. The number of hydrogen-bond acceptors (Lipinski definition) is 3. The van der Waals surface area contributed by atoms with Crippen LogP contribution >= 0.6 is 11.8 Å². The van der Waals surface area contributed by atoms with E-state index in [0.717, 1.165) is 16.0 Å². The molecule has 0 aromatic heterocycles. The van der Waals surface area contributed by atoms with Gasteiger partial charge in [0.25, 0.3) is 11.8 Å². The van der Waals surface area contributed by atoms with Crippen LogP contribution in [0.25, 0.3) is 6.08 Å². The SMILES string of the molecule is O=C1Nc2cc(C(=O)NCc3ccccc3)ccc2S/C1=C\c1ccccc1. The van der Waals surface area contributed by atoms with Gasteiger partial charge in [0.2, 0.25) is 0 Å². The van der Waals surface area contributed by atoms with Gasteiger partial charge >= 0.3 is 0 Å². The first-order chi connectivity index (χ1) is 13.7. The van der Waals surface area contributed by atoms with Crippen molar-refractivity contribution in [2.45, 2.75) is 11.4 Å². The molecule has 4 nitrogen and oxygen atoms in total. The molecule has 5 heteroatoms. The predicted molar refractivity (Wildman–Crippen MR) is 113 cm³/mol. The van der Waals surface area contributed by atoms with E-state index in [1.165, 1.54) is 11.8 Å². The maximum Gasteiger partial charge on any atom is 0.262 e. The Labute approximate surface area is 167 Å². The molecule has 0 fully saturated rings. The van der Waals surface area contributed by atoms with Gasteiger partial charge in [0.15, 0.2) is 0 Å². The number of hydrogen-bond donors (Lipinski definition) is 2. The largest absolute Gasteiger partial charge is 0.348 e. The average Bonchev–Trinajstić information content (AvgIpc) is 2.74. The highest BCUT2D eigenvalue weighted by atomic mass is 32.2. The maximum absolute atomic E-state index is 12.5. The molecule has 1 heterocycles. The first kappa shape index (κ1) is 18.1. The Hall–Kier alpha value is -3.31. The third-order valence-electron chi connectivity index (χ3n) is 4.33. The van der Waals surface area contributed by atoms with Crippen LogP contribution in [0.1, 0.15) is 21.5 Å². The van der Waals surface area contributed by atoms with Crippen LogP contribution in [-0.2, 0) is 11.3 Å². The second-order valence-corrected chi connectivity index (χ2v) is 7.44. The molecule has 0 unspecified atom stereocenters. The molecule has 0 bridgehead atoms. The fraction of sp³-hybridized carbons (Fsp3) is 0.0435. The molecule has 3 aromatic rings. The zero-order valence-corrected chi connectivity index (χ0v) is 15.8. The van der Waals surface area contributed by atoms with Crippen LogP contribution in [0.15, 0.2) is 88.7 Å². The summed E-state index contributed by atoms with van der Waals surface area (Å²) >= 11 is 1.41. The van der Waals surface area contributed by atoms with E-state index < -0.39 is 0 Å². The number of thioether (sulfide) groups is 1. The van der Waals surface area contributed by atoms with Crippen molar-refractivity contribution in [1.82, 2.24) is 5.32 Å². The average molecular weight is 386 g/mol. The number of anilines is 1. The van der Waals surface area contributed by atoms with E-state index in [4.69, 9.17) is 0 Å². The van der Waals surface area contributed by atoms with Gasteiger partial charge in [-0.3, -0.25) is 9.59 Å². The highest BCUT2D eigenvalue weighted by Gasteiger charge is 2.22. The van der Waals surface area contributed by atoms with Crippen LogP contribution in [0.5, 0.6) is 0 Å². The summed E-state index contributed by atoms with van der Waals surface area (Å²) in [6.07, 6.45) is 1.86. The third-order valence-corrected chi connectivity index (χ3v) is 5.43.